The fourth-order valence-corrected chi connectivity index (χ4v) is 0.805. The van der Waals surface area contributed by atoms with Gasteiger partial charge in [0.15, 0.2) is 0 Å². The summed E-state index contributed by atoms with van der Waals surface area (Å²) in [5.74, 6) is 0. The van der Waals surface area contributed by atoms with Crippen molar-refractivity contribution in [2.45, 2.75) is 46.5 Å². The molecule has 0 atom stereocenters. The lowest BCUT2D eigenvalue weighted by atomic mass is 10.1. The number of hydrogen-bond acceptors (Lipinski definition) is 1. The standard InChI is InChI=1S/C9H16O.C3H8/c1-3-9(4-2)7-5-6-8-10;1-3-2/h3-4,10H,1,5-8H2,2H3;3H2,1-2H3/b9-4+;. The molecule has 1 nitrogen and oxygen atoms in total. The largest absolute Gasteiger partial charge is 0.396 e. The highest BCUT2D eigenvalue weighted by molar-refractivity contribution is 5.14. The van der Waals surface area contributed by atoms with Crippen LogP contribution in [-0.2, 0) is 0 Å². The van der Waals surface area contributed by atoms with Crippen molar-refractivity contribution >= 4 is 0 Å². The fourth-order valence-electron chi connectivity index (χ4n) is 0.805. The molecular weight excluding hydrogens is 160 g/mol. The number of aliphatic hydroxyl groups is 1. The summed E-state index contributed by atoms with van der Waals surface area (Å²) in [5, 5.41) is 8.48. The van der Waals surface area contributed by atoms with E-state index < -0.39 is 0 Å². The molecule has 0 heterocycles. The van der Waals surface area contributed by atoms with Crippen LogP contribution in [0.4, 0.5) is 0 Å². The smallest absolute Gasteiger partial charge is 0.0431 e. The lowest BCUT2D eigenvalue weighted by Gasteiger charge is -1.98. The van der Waals surface area contributed by atoms with Crippen molar-refractivity contribution in [3.05, 3.63) is 24.3 Å². The van der Waals surface area contributed by atoms with Gasteiger partial charge in [-0.15, -0.1) is 0 Å². The Morgan fingerprint density at radius 3 is 2.15 bits per heavy atom. The van der Waals surface area contributed by atoms with Gasteiger partial charge in [-0.05, 0) is 26.2 Å². The highest BCUT2D eigenvalue weighted by atomic mass is 16.2. The highest BCUT2D eigenvalue weighted by Crippen LogP contribution is 2.06. The van der Waals surface area contributed by atoms with Crippen LogP contribution in [0.2, 0.25) is 0 Å². The van der Waals surface area contributed by atoms with E-state index in [1.807, 2.05) is 13.0 Å². The normalized spacial score (nSPS) is 10.3. The number of allylic oxidation sites excluding steroid dienone is 3. The first kappa shape index (κ1) is 14.9. The van der Waals surface area contributed by atoms with E-state index in [2.05, 4.69) is 26.5 Å². The minimum atomic E-state index is 0.300. The predicted molar refractivity (Wildman–Crippen MR) is 60.9 cm³/mol. The van der Waals surface area contributed by atoms with Crippen molar-refractivity contribution in [2.75, 3.05) is 6.61 Å². The predicted octanol–water partition coefficient (Wildman–Crippen LogP) is 3.70. The average Bonchev–Trinajstić information content (AvgIpc) is 2.14. The van der Waals surface area contributed by atoms with E-state index >= 15 is 0 Å². The van der Waals surface area contributed by atoms with Crippen molar-refractivity contribution in [2.24, 2.45) is 0 Å². The van der Waals surface area contributed by atoms with E-state index in [1.165, 1.54) is 12.0 Å². The summed E-state index contributed by atoms with van der Waals surface area (Å²) < 4.78 is 0. The van der Waals surface area contributed by atoms with Crippen molar-refractivity contribution in [3.63, 3.8) is 0 Å². The molecule has 0 saturated heterocycles. The minimum Gasteiger partial charge on any atom is -0.396 e. The maximum atomic E-state index is 8.48. The molecule has 1 heteroatoms. The van der Waals surface area contributed by atoms with Crippen LogP contribution >= 0.6 is 0 Å². The van der Waals surface area contributed by atoms with Crippen LogP contribution in [0.15, 0.2) is 24.3 Å². The maximum absolute atomic E-state index is 8.48. The molecule has 0 unspecified atom stereocenters. The third-order valence-corrected chi connectivity index (χ3v) is 1.51. The Hall–Kier alpha value is -0.560. The van der Waals surface area contributed by atoms with Crippen LogP contribution in [0.5, 0.6) is 0 Å². The molecule has 0 amide bonds. The van der Waals surface area contributed by atoms with E-state index in [9.17, 15) is 0 Å². The third-order valence-electron chi connectivity index (χ3n) is 1.51. The molecule has 0 aromatic rings. The first-order valence-electron chi connectivity index (χ1n) is 5.15. The zero-order valence-electron chi connectivity index (χ0n) is 9.34. The average molecular weight is 184 g/mol. The van der Waals surface area contributed by atoms with E-state index in [4.69, 9.17) is 5.11 Å². The summed E-state index contributed by atoms with van der Waals surface area (Å²) in [6, 6.07) is 0. The first-order valence-corrected chi connectivity index (χ1v) is 5.15. The van der Waals surface area contributed by atoms with Crippen LogP contribution in [0.25, 0.3) is 0 Å². The molecule has 0 aliphatic heterocycles. The second-order valence-corrected chi connectivity index (χ2v) is 2.96. The van der Waals surface area contributed by atoms with Crippen molar-refractivity contribution in [1.29, 1.82) is 0 Å². The Bertz CT molecular complexity index is 125. The molecule has 0 radical (unpaired) electrons. The number of rotatable bonds is 5. The van der Waals surface area contributed by atoms with Crippen LogP contribution in [0.1, 0.15) is 46.5 Å². The molecular formula is C12H24O. The quantitative estimate of drug-likeness (QED) is 0.510. The summed E-state index contributed by atoms with van der Waals surface area (Å²) in [7, 11) is 0. The van der Waals surface area contributed by atoms with Gasteiger partial charge in [-0.25, -0.2) is 0 Å². The zero-order chi connectivity index (χ0) is 10.5. The van der Waals surface area contributed by atoms with E-state index in [-0.39, 0.29) is 0 Å². The van der Waals surface area contributed by atoms with Gasteiger partial charge in [0.25, 0.3) is 0 Å². The van der Waals surface area contributed by atoms with Gasteiger partial charge in [0.1, 0.15) is 0 Å². The Kier molecular flexibility index (Phi) is 16.1. The van der Waals surface area contributed by atoms with Gasteiger partial charge in [0, 0.05) is 6.61 Å². The van der Waals surface area contributed by atoms with Crippen LogP contribution in [0.3, 0.4) is 0 Å². The summed E-state index contributed by atoms with van der Waals surface area (Å²) in [4.78, 5) is 0. The van der Waals surface area contributed by atoms with Gasteiger partial charge in [-0.3, -0.25) is 0 Å². The molecule has 0 aromatic heterocycles. The topological polar surface area (TPSA) is 20.2 Å². The number of unbranched alkanes of at least 4 members (excludes halogenated alkanes) is 1. The van der Waals surface area contributed by atoms with Crippen LogP contribution < -0.4 is 0 Å². The fraction of sp³-hybridized carbons (Fsp3) is 0.667. The molecule has 0 saturated carbocycles. The maximum Gasteiger partial charge on any atom is 0.0431 e. The molecule has 0 aliphatic carbocycles. The molecule has 0 aromatic carbocycles. The zero-order valence-corrected chi connectivity index (χ0v) is 9.34. The second kappa shape index (κ2) is 14.0. The summed E-state index contributed by atoms with van der Waals surface area (Å²) in [6.45, 7) is 10.2. The van der Waals surface area contributed by atoms with E-state index in [0.29, 0.717) is 6.61 Å². The molecule has 13 heavy (non-hydrogen) atoms. The highest BCUT2D eigenvalue weighted by Gasteiger charge is 1.89. The number of aliphatic hydroxyl groups excluding tert-OH is 1. The number of hydrogen-bond donors (Lipinski definition) is 1. The molecule has 78 valence electrons. The molecule has 0 aliphatic rings. The van der Waals surface area contributed by atoms with Gasteiger partial charge in [-0.1, -0.05) is 44.6 Å². The SMILES string of the molecule is C=C/C(=C\C)CCCCO.CCC. The summed E-state index contributed by atoms with van der Waals surface area (Å²) >= 11 is 0. The van der Waals surface area contributed by atoms with Gasteiger partial charge < -0.3 is 5.11 Å². The lowest BCUT2D eigenvalue weighted by molar-refractivity contribution is 0.285. The van der Waals surface area contributed by atoms with Gasteiger partial charge in [0.05, 0.1) is 0 Å². The molecule has 0 spiro atoms. The van der Waals surface area contributed by atoms with Crippen molar-refractivity contribution in [1.82, 2.24) is 0 Å². The van der Waals surface area contributed by atoms with Crippen LogP contribution in [0, 0.1) is 0 Å². The van der Waals surface area contributed by atoms with Crippen molar-refractivity contribution in [3.8, 4) is 0 Å². The molecule has 0 rings (SSSR count). The lowest BCUT2D eigenvalue weighted by Crippen LogP contribution is -1.84. The molecule has 0 bridgehead atoms. The monoisotopic (exact) mass is 184 g/mol. The Morgan fingerprint density at radius 2 is 1.85 bits per heavy atom. The van der Waals surface area contributed by atoms with Crippen molar-refractivity contribution < 1.29 is 5.11 Å². The van der Waals surface area contributed by atoms with Gasteiger partial charge >= 0.3 is 0 Å². The van der Waals surface area contributed by atoms with Crippen LogP contribution in [-0.4, -0.2) is 11.7 Å². The third kappa shape index (κ3) is 14.3. The minimum absolute atomic E-state index is 0.300. The summed E-state index contributed by atoms with van der Waals surface area (Å²) in [6.07, 6.45) is 8.18. The molecule has 0 fully saturated rings. The Morgan fingerprint density at radius 1 is 1.31 bits per heavy atom. The van der Waals surface area contributed by atoms with E-state index in [0.717, 1.165) is 19.3 Å². The summed E-state index contributed by atoms with van der Waals surface area (Å²) in [5.41, 5.74) is 1.27. The first-order chi connectivity index (χ1) is 6.26. The Labute approximate surface area is 83.2 Å². The second-order valence-electron chi connectivity index (χ2n) is 2.96. The Balaban J connectivity index is 0. The van der Waals surface area contributed by atoms with E-state index in [1.54, 1.807) is 0 Å². The van der Waals surface area contributed by atoms with Gasteiger partial charge in [0.2, 0.25) is 0 Å². The molecule has 1 N–H and O–H groups in total. The van der Waals surface area contributed by atoms with Gasteiger partial charge in [-0.2, -0.15) is 0 Å².